The van der Waals surface area contributed by atoms with E-state index in [0.29, 0.717) is 0 Å². The van der Waals surface area contributed by atoms with Crippen LogP contribution in [-0.2, 0) is 27.3 Å². The van der Waals surface area contributed by atoms with Crippen molar-refractivity contribution >= 4 is 47.8 Å². The summed E-state index contributed by atoms with van der Waals surface area (Å²) in [5, 5.41) is -5.56. The average molecular weight is 497 g/mol. The van der Waals surface area contributed by atoms with Crippen LogP contribution in [0.25, 0.3) is 0 Å². The van der Waals surface area contributed by atoms with E-state index in [1.807, 2.05) is 0 Å². The molecule has 2 heterocycles. The summed E-state index contributed by atoms with van der Waals surface area (Å²) in [5.74, 6) is 0.169. The number of ether oxygens (including phenoxy) is 1. The molecule has 20 heteroatoms. The lowest BCUT2D eigenvalue weighted by Gasteiger charge is -2.32. The summed E-state index contributed by atoms with van der Waals surface area (Å²) in [7, 11) is -13.2. The summed E-state index contributed by atoms with van der Waals surface area (Å²) in [6.07, 6.45) is 0.470. The minimum Gasteiger partial charge on any atom is -0.443 e. The highest BCUT2D eigenvalue weighted by atomic mass is 32.2. The Bertz CT molecular complexity index is 975. The van der Waals surface area contributed by atoms with E-state index in [0.717, 1.165) is 16.3 Å². The van der Waals surface area contributed by atoms with Gasteiger partial charge in [-0.05, 0) is 6.07 Å². The highest BCUT2D eigenvalue weighted by Gasteiger charge is 2.65. The minimum absolute atomic E-state index is 0.0152. The van der Waals surface area contributed by atoms with E-state index in [2.05, 4.69) is 13.8 Å². The second-order valence-corrected chi connectivity index (χ2v) is 12.2. The molecular formula is C9H13BF2N3O10P3S-. The molecule has 0 aliphatic carbocycles. The number of nitrogens with zero attached hydrogens (tertiary/aromatic N) is 2. The number of thioether (sulfide) groups is 1. The van der Waals surface area contributed by atoms with Crippen LogP contribution in [0.4, 0.5) is 14.6 Å². The van der Waals surface area contributed by atoms with Gasteiger partial charge in [-0.3, -0.25) is 18.0 Å². The molecule has 29 heavy (non-hydrogen) atoms. The summed E-state index contributed by atoms with van der Waals surface area (Å²) >= 11 is 1.02. The molecule has 1 aliphatic heterocycles. The van der Waals surface area contributed by atoms with E-state index in [1.165, 1.54) is 12.3 Å². The van der Waals surface area contributed by atoms with E-state index < -0.39 is 52.0 Å². The zero-order chi connectivity index (χ0) is 22.3. The van der Waals surface area contributed by atoms with Crippen LogP contribution in [0.3, 0.4) is 0 Å². The molecule has 1 unspecified atom stereocenters. The second kappa shape index (κ2) is 8.50. The Kier molecular flexibility index (Phi) is 7.23. The largest absolute Gasteiger partial charge is 0.444 e. The SMILES string of the molecule is [B-][P@](=O)(OC[C@@H]1O[C@H](n2ccc(N)nc2=O)CS1)OP(=O)(O)C(F)(F)P(=O)(O)O. The molecule has 1 fully saturated rings. The lowest BCUT2D eigenvalue weighted by atomic mass is 10.5. The lowest BCUT2D eigenvalue weighted by molar-refractivity contribution is -0.00287. The van der Waals surface area contributed by atoms with Crippen molar-refractivity contribution < 1.29 is 50.7 Å². The van der Waals surface area contributed by atoms with E-state index in [1.54, 1.807) is 0 Å². The van der Waals surface area contributed by atoms with Crippen molar-refractivity contribution in [2.45, 2.75) is 17.1 Å². The van der Waals surface area contributed by atoms with Crippen molar-refractivity contribution in [2.24, 2.45) is 0 Å². The summed E-state index contributed by atoms with van der Waals surface area (Å²) in [5.41, 5.74) is 3.69. The number of alkyl halides is 2. The van der Waals surface area contributed by atoms with Gasteiger partial charge >= 0.3 is 26.3 Å². The number of nitrogens with two attached hydrogens (primary N) is 1. The van der Waals surface area contributed by atoms with Crippen LogP contribution in [0, 0.1) is 0 Å². The van der Waals surface area contributed by atoms with Crippen molar-refractivity contribution in [1.82, 2.24) is 9.55 Å². The van der Waals surface area contributed by atoms with Crippen molar-refractivity contribution in [1.29, 1.82) is 0 Å². The third-order valence-electron chi connectivity index (χ3n) is 3.20. The van der Waals surface area contributed by atoms with Gasteiger partial charge in [-0.2, -0.15) is 13.8 Å². The van der Waals surface area contributed by atoms with Crippen LogP contribution in [0.5, 0.6) is 0 Å². The highest BCUT2D eigenvalue weighted by molar-refractivity contribution is 8.00. The normalized spacial score (nSPS) is 24.8. The monoisotopic (exact) mass is 497 g/mol. The van der Waals surface area contributed by atoms with E-state index >= 15 is 0 Å². The van der Waals surface area contributed by atoms with Crippen molar-refractivity contribution in [3.63, 3.8) is 0 Å². The maximum atomic E-state index is 13.4. The van der Waals surface area contributed by atoms with E-state index in [4.69, 9.17) is 32.7 Å². The quantitative estimate of drug-likeness (QED) is 0.288. The molecule has 13 nitrogen and oxygen atoms in total. The summed E-state index contributed by atoms with van der Waals surface area (Å²) < 4.78 is 75.4. The van der Waals surface area contributed by atoms with Gasteiger partial charge in [0.15, 0.2) is 0 Å². The van der Waals surface area contributed by atoms with E-state index in [9.17, 15) is 27.3 Å². The minimum atomic E-state index is -6.49. The first-order valence-electron chi connectivity index (χ1n) is 7.18. The number of hydrogen-bond acceptors (Lipinski definition) is 10. The number of anilines is 1. The van der Waals surface area contributed by atoms with Gasteiger partial charge in [-0.1, -0.05) is 0 Å². The molecule has 1 aromatic heterocycles. The Morgan fingerprint density at radius 3 is 2.59 bits per heavy atom. The highest BCUT2D eigenvalue weighted by Crippen LogP contribution is 2.77. The third-order valence-corrected chi connectivity index (χ3v) is 9.52. The number of aromatic nitrogens is 2. The molecule has 3 radical (unpaired) electrons. The molecule has 0 bridgehead atoms. The zero-order valence-corrected chi connectivity index (χ0v) is 17.5. The summed E-state index contributed by atoms with van der Waals surface area (Å²) in [6.45, 7) is -0.701. The zero-order valence-electron chi connectivity index (χ0n) is 14.0. The first-order valence-corrected chi connectivity index (χ1v) is 13.0. The molecule has 0 saturated carbocycles. The van der Waals surface area contributed by atoms with Gasteiger partial charge in [0.2, 0.25) is 0 Å². The van der Waals surface area contributed by atoms with Gasteiger partial charge in [-0.25, -0.2) is 4.79 Å². The summed E-state index contributed by atoms with van der Waals surface area (Å²) in [6, 6.07) is 1.33. The molecule has 4 atom stereocenters. The Morgan fingerprint density at radius 1 is 1.41 bits per heavy atom. The maximum absolute atomic E-state index is 13.4. The molecule has 2 rings (SSSR count). The van der Waals surface area contributed by atoms with Gasteiger partial charge in [0.05, 0.1) is 14.1 Å². The number of halogens is 2. The lowest BCUT2D eigenvalue weighted by Crippen LogP contribution is -2.28. The van der Waals surface area contributed by atoms with Gasteiger partial charge in [0.1, 0.15) is 17.5 Å². The molecule has 1 aromatic rings. The van der Waals surface area contributed by atoms with Crippen LogP contribution in [0.15, 0.2) is 17.1 Å². The van der Waals surface area contributed by atoms with Crippen LogP contribution >= 0.6 is 34.4 Å². The van der Waals surface area contributed by atoms with Crippen molar-refractivity contribution in [2.75, 3.05) is 18.1 Å². The van der Waals surface area contributed by atoms with Crippen molar-refractivity contribution in [3.05, 3.63) is 22.7 Å². The Balaban J connectivity index is 1.99. The third kappa shape index (κ3) is 5.76. The fraction of sp³-hybridized carbons (Fsp3) is 0.556. The standard InChI is InChI=1S/C9H13BF2N3O10P3S/c10-28(22,25-27(20,21)9(11,12)26(17,18)19)23-3-7-24-6(4-29-7)15-2-1-5(13)14-8(15)16/h1-2,6-7H,3-4H2,(H,20,21)(H2,13,14,16)(H2,17,18,19)/q-1/t6-,7+,28-/m0/s1. The Labute approximate surface area is 166 Å². The molecule has 0 spiro atoms. The van der Waals surface area contributed by atoms with Gasteiger partial charge in [-0.15, -0.1) is 11.8 Å². The Hall–Kier alpha value is -0.595. The van der Waals surface area contributed by atoms with Gasteiger partial charge in [0.25, 0.3) is 0 Å². The maximum Gasteiger partial charge on any atom is 0.444 e. The molecule has 1 saturated heterocycles. The fourth-order valence-electron chi connectivity index (χ4n) is 1.88. The van der Waals surface area contributed by atoms with Crippen LogP contribution in [0.1, 0.15) is 6.23 Å². The fourth-order valence-corrected chi connectivity index (χ4v) is 6.77. The predicted octanol–water partition coefficient (Wildman–Crippen LogP) is 0.637. The molecule has 5 N–H and O–H groups in total. The van der Waals surface area contributed by atoms with Gasteiger partial charge in [0, 0.05) is 11.9 Å². The molecule has 0 aromatic carbocycles. The first-order chi connectivity index (χ1) is 13.1. The molecule has 1 aliphatic rings. The number of rotatable bonds is 8. The Morgan fingerprint density at radius 2 is 2.03 bits per heavy atom. The average Bonchev–Trinajstić information content (AvgIpc) is 2.99. The first kappa shape index (κ1) is 24.7. The molecule has 163 valence electrons. The van der Waals surface area contributed by atoms with E-state index in [-0.39, 0.29) is 11.6 Å². The van der Waals surface area contributed by atoms with Crippen LogP contribution in [0.2, 0.25) is 0 Å². The summed E-state index contributed by atoms with van der Waals surface area (Å²) in [4.78, 5) is 41.3. The van der Waals surface area contributed by atoms with Crippen molar-refractivity contribution in [3.8, 4) is 0 Å². The topological polar surface area (TPSA) is 200 Å². The van der Waals surface area contributed by atoms with Crippen LogP contribution < -0.4 is 11.4 Å². The molecule has 0 amide bonds. The number of nitrogen functional groups attached to an aromatic ring is 1. The smallest absolute Gasteiger partial charge is 0.443 e. The predicted molar refractivity (Wildman–Crippen MR) is 96.5 cm³/mol. The number of hydrogen-bond donors (Lipinski definition) is 4. The van der Waals surface area contributed by atoms with Crippen LogP contribution in [-0.4, -0.2) is 55.0 Å². The second-order valence-electron chi connectivity index (χ2n) is 5.39. The molecular weight excluding hydrogens is 484 g/mol. The van der Waals surface area contributed by atoms with Gasteiger partial charge < -0.3 is 41.8 Å².